The molecule has 0 bridgehead atoms. The molecular formula is C33H39Cl2N3O4S. The minimum Gasteiger partial charge on any atom is -0.352 e. The normalized spacial score (nSPS) is 14.6. The molecule has 1 atom stereocenters. The number of carbonyl (C=O) groups is 2. The van der Waals surface area contributed by atoms with Crippen LogP contribution in [0.2, 0.25) is 10.0 Å². The molecular weight excluding hydrogens is 605 g/mol. The van der Waals surface area contributed by atoms with Gasteiger partial charge in [0.05, 0.1) is 10.6 Å². The van der Waals surface area contributed by atoms with Crippen molar-refractivity contribution in [2.75, 3.05) is 10.8 Å². The van der Waals surface area contributed by atoms with E-state index in [0.29, 0.717) is 6.42 Å². The van der Waals surface area contributed by atoms with E-state index in [1.165, 1.54) is 35.2 Å². The fourth-order valence-electron chi connectivity index (χ4n) is 5.40. The van der Waals surface area contributed by atoms with Gasteiger partial charge in [-0.25, -0.2) is 8.42 Å². The topological polar surface area (TPSA) is 86.8 Å². The molecule has 1 saturated carbocycles. The van der Waals surface area contributed by atoms with Crippen LogP contribution in [-0.4, -0.2) is 43.8 Å². The number of nitrogens with one attached hydrogen (secondary N) is 1. The van der Waals surface area contributed by atoms with Crippen LogP contribution >= 0.6 is 23.2 Å². The summed E-state index contributed by atoms with van der Waals surface area (Å²) in [6, 6.07) is 17.8. The van der Waals surface area contributed by atoms with Gasteiger partial charge in [0.2, 0.25) is 11.8 Å². The molecule has 0 aliphatic heterocycles. The number of hydrogen-bond donors (Lipinski definition) is 1. The Kier molecular flexibility index (Phi) is 11.2. The summed E-state index contributed by atoms with van der Waals surface area (Å²) in [7, 11) is -4.22. The summed E-state index contributed by atoms with van der Waals surface area (Å²) in [5.74, 6) is -0.744. The van der Waals surface area contributed by atoms with Crippen molar-refractivity contribution in [2.24, 2.45) is 0 Å². The highest BCUT2D eigenvalue weighted by atomic mass is 35.5. The molecule has 0 radical (unpaired) electrons. The highest BCUT2D eigenvalue weighted by Crippen LogP contribution is 2.30. The second-order valence-electron chi connectivity index (χ2n) is 11.2. The fourth-order valence-corrected chi connectivity index (χ4v) is 7.32. The standard InChI is InChI=1S/C33H39Cl2N3O4S/c1-4-31(33(40)36-28-8-6-5-7-9-28)37(21-25-14-10-23(2)11-15-25)32(39)22-38(29-19-26(34)18-27(35)20-29)43(41,42)30-16-12-24(3)13-17-30/h10-20,28,31H,4-9,21-22H2,1-3H3,(H,36,40). The number of hydrogen-bond acceptors (Lipinski definition) is 4. The molecule has 1 aliphatic carbocycles. The highest BCUT2D eigenvalue weighted by Gasteiger charge is 2.34. The first-order valence-corrected chi connectivity index (χ1v) is 16.9. The van der Waals surface area contributed by atoms with Crippen molar-refractivity contribution < 1.29 is 18.0 Å². The number of benzene rings is 3. The maximum absolute atomic E-state index is 14.3. The van der Waals surface area contributed by atoms with Gasteiger partial charge in [-0.1, -0.05) is 96.9 Å². The third-order valence-corrected chi connectivity index (χ3v) is 10.1. The Morgan fingerprint density at radius 2 is 1.44 bits per heavy atom. The maximum Gasteiger partial charge on any atom is 0.264 e. The minimum atomic E-state index is -4.22. The monoisotopic (exact) mass is 643 g/mol. The first-order valence-electron chi connectivity index (χ1n) is 14.7. The molecule has 0 heterocycles. The van der Waals surface area contributed by atoms with Crippen LogP contribution in [0.25, 0.3) is 0 Å². The van der Waals surface area contributed by atoms with Gasteiger partial charge in [-0.2, -0.15) is 0 Å². The number of amides is 2. The fraction of sp³-hybridized carbons (Fsp3) is 0.394. The molecule has 4 rings (SSSR count). The zero-order chi connectivity index (χ0) is 31.1. The largest absolute Gasteiger partial charge is 0.352 e. The summed E-state index contributed by atoms with van der Waals surface area (Å²) >= 11 is 12.6. The number of aryl methyl sites for hydroxylation is 2. The van der Waals surface area contributed by atoms with Crippen LogP contribution in [0.3, 0.4) is 0 Å². The molecule has 43 heavy (non-hydrogen) atoms. The Bertz CT molecular complexity index is 1500. The quantitative estimate of drug-likeness (QED) is 0.242. The van der Waals surface area contributed by atoms with Crippen molar-refractivity contribution >= 4 is 50.7 Å². The molecule has 0 aromatic heterocycles. The third kappa shape index (κ3) is 8.52. The Morgan fingerprint density at radius 3 is 2.00 bits per heavy atom. The van der Waals surface area contributed by atoms with E-state index in [0.717, 1.165) is 53.1 Å². The highest BCUT2D eigenvalue weighted by molar-refractivity contribution is 7.92. The van der Waals surface area contributed by atoms with Crippen LogP contribution in [0.15, 0.2) is 71.6 Å². The van der Waals surface area contributed by atoms with Crippen LogP contribution in [0.4, 0.5) is 5.69 Å². The van der Waals surface area contributed by atoms with Gasteiger partial charge in [0.25, 0.3) is 10.0 Å². The predicted octanol–water partition coefficient (Wildman–Crippen LogP) is 7.06. The van der Waals surface area contributed by atoms with E-state index in [-0.39, 0.29) is 39.1 Å². The Balaban J connectivity index is 1.72. The lowest BCUT2D eigenvalue weighted by atomic mass is 9.95. The zero-order valence-corrected chi connectivity index (χ0v) is 27.2. The molecule has 0 spiro atoms. The van der Waals surface area contributed by atoms with Gasteiger partial charge in [0, 0.05) is 22.6 Å². The van der Waals surface area contributed by atoms with Gasteiger partial charge in [-0.05, 0) is 69.0 Å². The molecule has 1 N–H and O–H groups in total. The summed E-state index contributed by atoms with van der Waals surface area (Å²) in [5.41, 5.74) is 2.95. The van der Waals surface area contributed by atoms with Crippen LogP contribution in [0.1, 0.15) is 62.1 Å². The molecule has 0 saturated heterocycles. The van der Waals surface area contributed by atoms with Gasteiger partial charge < -0.3 is 10.2 Å². The molecule has 3 aromatic carbocycles. The van der Waals surface area contributed by atoms with E-state index in [1.807, 2.05) is 45.0 Å². The van der Waals surface area contributed by atoms with E-state index in [4.69, 9.17) is 23.2 Å². The second-order valence-corrected chi connectivity index (χ2v) is 14.0. The average Bonchev–Trinajstić information content (AvgIpc) is 2.97. The predicted molar refractivity (Wildman–Crippen MR) is 173 cm³/mol. The van der Waals surface area contributed by atoms with E-state index < -0.39 is 28.5 Å². The summed E-state index contributed by atoms with van der Waals surface area (Å²) < 4.78 is 29.1. The second kappa shape index (κ2) is 14.6. The lowest BCUT2D eigenvalue weighted by Crippen LogP contribution is -2.54. The third-order valence-electron chi connectivity index (χ3n) is 7.83. The van der Waals surface area contributed by atoms with Gasteiger partial charge >= 0.3 is 0 Å². The molecule has 1 fully saturated rings. The van der Waals surface area contributed by atoms with E-state index in [2.05, 4.69) is 5.32 Å². The number of nitrogens with zero attached hydrogens (tertiary/aromatic N) is 2. The van der Waals surface area contributed by atoms with Gasteiger partial charge in [-0.15, -0.1) is 0 Å². The number of halogens is 2. The molecule has 230 valence electrons. The van der Waals surface area contributed by atoms with Crippen LogP contribution in [0.5, 0.6) is 0 Å². The van der Waals surface area contributed by atoms with Crippen LogP contribution < -0.4 is 9.62 Å². The van der Waals surface area contributed by atoms with E-state index in [9.17, 15) is 18.0 Å². The molecule has 2 amide bonds. The number of carbonyl (C=O) groups excluding carboxylic acids is 2. The van der Waals surface area contributed by atoms with E-state index in [1.54, 1.807) is 12.1 Å². The lowest BCUT2D eigenvalue weighted by molar-refractivity contribution is -0.140. The summed E-state index contributed by atoms with van der Waals surface area (Å²) in [4.78, 5) is 29.4. The SMILES string of the molecule is CCC(C(=O)NC1CCCCC1)N(Cc1ccc(C)cc1)C(=O)CN(c1cc(Cl)cc(Cl)c1)S(=O)(=O)c1ccc(C)cc1. The molecule has 1 aliphatic rings. The maximum atomic E-state index is 14.3. The first kappa shape index (κ1) is 32.8. The Hall–Kier alpha value is -3.07. The van der Waals surface area contributed by atoms with Crippen molar-refractivity contribution in [3.8, 4) is 0 Å². The summed E-state index contributed by atoms with van der Waals surface area (Å²) in [5, 5.41) is 3.62. The smallest absolute Gasteiger partial charge is 0.264 e. The Morgan fingerprint density at radius 1 is 0.884 bits per heavy atom. The van der Waals surface area contributed by atoms with Crippen molar-refractivity contribution in [3.63, 3.8) is 0 Å². The average molecular weight is 645 g/mol. The molecule has 7 nitrogen and oxygen atoms in total. The van der Waals surface area contributed by atoms with E-state index >= 15 is 0 Å². The van der Waals surface area contributed by atoms with Gasteiger partial charge in [-0.3, -0.25) is 13.9 Å². The van der Waals surface area contributed by atoms with Crippen molar-refractivity contribution in [1.82, 2.24) is 10.2 Å². The molecule has 10 heteroatoms. The van der Waals surface area contributed by atoms with Gasteiger partial charge in [0.1, 0.15) is 12.6 Å². The van der Waals surface area contributed by atoms with Crippen molar-refractivity contribution in [1.29, 1.82) is 0 Å². The summed E-state index contributed by atoms with van der Waals surface area (Å²) in [6.45, 7) is 5.29. The van der Waals surface area contributed by atoms with Crippen LogP contribution in [-0.2, 0) is 26.2 Å². The summed E-state index contributed by atoms with van der Waals surface area (Å²) in [6.07, 6.45) is 5.45. The Labute approximate surface area is 265 Å². The lowest BCUT2D eigenvalue weighted by Gasteiger charge is -2.34. The number of sulfonamides is 1. The van der Waals surface area contributed by atoms with Crippen LogP contribution in [0, 0.1) is 13.8 Å². The minimum absolute atomic E-state index is 0.0224. The number of anilines is 1. The molecule has 1 unspecified atom stereocenters. The molecule has 3 aromatic rings. The van der Waals surface area contributed by atoms with Gasteiger partial charge in [0.15, 0.2) is 0 Å². The first-order chi connectivity index (χ1) is 20.5. The zero-order valence-electron chi connectivity index (χ0n) is 24.9. The van der Waals surface area contributed by atoms with Crippen molar-refractivity contribution in [3.05, 3.63) is 93.5 Å². The number of rotatable bonds is 11. The van der Waals surface area contributed by atoms with Crippen molar-refractivity contribution in [2.45, 2.75) is 82.8 Å².